The molecule has 0 saturated carbocycles. The molecule has 0 aliphatic heterocycles. The van der Waals surface area contributed by atoms with Gasteiger partial charge in [0.15, 0.2) is 5.75 Å². The Labute approximate surface area is 162 Å². The van der Waals surface area contributed by atoms with Gasteiger partial charge in [-0.15, -0.1) is 0 Å². The first-order valence-corrected chi connectivity index (χ1v) is 8.49. The molecule has 0 fully saturated rings. The lowest BCUT2D eigenvalue weighted by Crippen LogP contribution is -2.10. The maximum atomic E-state index is 12.6. The quantitative estimate of drug-likeness (QED) is 0.382. The fourth-order valence-electron chi connectivity index (χ4n) is 2.82. The molecule has 0 spiro atoms. The van der Waals surface area contributed by atoms with Crippen molar-refractivity contribution in [1.29, 1.82) is 0 Å². The second-order valence-electron chi connectivity index (χ2n) is 6.06. The number of esters is 1. The van der Waals surface area contributed by atoms with Crippen LogP contribution >= 0.6 is 0 Å². The van der Waals surface area contributed by atoms with E-state index in [9.17, 15) is 14.4 Å². The molecule has 2 aromatic carbocycles. The Morgan fingerprint density at radius 3 is 2.34 bits per heavy atom. The zero-order chi connectivity index (χ0) is 20.5. The molecular weight excluding hydrogens is 380 g/mol. The third-order valence-corrected chi connectivity index (χ3v) is 4.09. The molecule has 0 radical (unpaired) electrons. The fraction of sp³-hybridized carbons (Fsp3) is 0.0952. The van der Waals surface area contributed by atoms with Gasteiger partial charge in [-0.3, -0.25) is 4.79 Å². The van der Waals surface area contributed by atoms with Crippen LogP contribution in [-0.4, -0.2) is 13.1 Å². The molecule has 4 aromatic rings. The van der Waals surface area contributed by atoms with E-state index in [1.165, 1.54) is 32.2 Å². The predicted octanol–water partition coefficient (Wildman–Crippen LogP) is 3.63. The average molecular weight is 394 g/mol. The second-order valence-corrected chi connectivity index (χ2v) is 6.06. The molecule has 0 amide bonds. The van der Waals surface area contributed by atoms with Gasteiger partial charge in [-0.05, 0) is 30.3 Å². The number of rotatable bonds is 4. The molecule has 2 aromatic heterocycles. The van der Waals surface area contributed by atoms with Crippen LogP contribution in [0.3, 0.4) is 0 Å². The molecule has 0 unspecified atom stereocenters. The molecule has 146 valence electrons. The molecule has 0 saturated heterocycles. The topological polar surface area (TPSA) is 105 Å². The number of ether oxygens (including phenoxy) is 3. The summed E-state index contributed by atoms with van der Waals surface area (Å²) in [5.74, 6) is -0.369. The molecule has 2 heterocycles. The SMILES string of the molecule is COc1ccc2c(OC(C)=O)c(Oc3ccc4ccc(=O)oc4c3)c(=O)oc2c1. The van der Waals surface area contributed by atoms with Crippen LogP contribution in [0.1, 0.15) is 6.92 Å². The largest absolute Gasteiger partial charge is 0.497 e. The van der Waals surface area contributed by atoms with Crippen LogP contribution in [0.4, 0.5) is 0 Å². The maximum absolute atomic E-state index is 12.6. The molecule has 0 bridgehead atoms. The van der Waals surface area contributed by atoms with E-state index in [-0.39, 0.29) is 28.4 Å². The Kier molecular flexibility index (Phi) is 4.52. The summed E-state index contributed by atoms with van der Waals surface area (Å²) in [6, 6.07) is 12.3. The van der Waals surface area contributed by atoms with E-state index in [2.05, 4.69) is 0 Å². The van der Waals surface area contributed by atoms with E-state index < -0.39 is 17.2 Å². The van der Waals surface area contributed by atoms with Crippen LogP contribution in [0.25, 0.3) is 21.9 Å². The third kappa shape index (κ3) is 3.55. The van der Waals surface area contributed by atoms with Crippen molar-refractivity contribution in [2.45, 2.75) is 6.92 Å². The molecule has 0 aliphatic carbocycles. The molecule has 0 aliphatic rings. The van der Waals surface area contributed by atoms with Crippen LogP contribution in [0.5, 0.6) is 23.0 Å². The minimum atomic E-state index is -0.850. The van der Waals surface area contributed by atoms with E-state index in [4.69, 9.17) is 23.0 Å². The Morgan fingerprint density at radius 2 is 1.59 bits per heavy atom. The summed E-state index contributed by atoms with van der Waals surface area (Å²) >= 11 is 0. The van der Waals surface area contributed by atoms with Crippen molar-refractivity contribution in [1.82, 2.24) is 0 Å². The number of methoxy groups -OCH3 is 1. The molecule has 0 atom stereocenters. The summed E-state index contributed by atoms with van der Waals surface area (Å²) in [5, 5.41) is 1.03. The first-order valence-electron chi connectivity index (χ1n) is 8.49. The lowest BCUT2D eigenvalue weighted by Gasteiger charge is -2.12. The van der Waals surface area contributed by atoms with E-state index in [0.29, 0.717) is 16.5 Å². The molecule has 8 heteroatoms. The van der Waals surface area contributed by atoms with Gasteiger partial charge in [-0.2, -0.15) is 0 Å². The molecular formula is C21H14O8. The lowest BCUT2D eigenvalue weighted by atomic mass is 10.2. The number of carbonyl (C=O) groups excluding carboxylic acids is 1. The highest BCUT2D eigenvalue weighted by molar-refractivity contribution is 5.89. The highest BCUT2D eigenvalue weighted by Crippen LogP contribution is 2.37. The average Bonchev–Trinajstić information content (AvgIpc) is 2.69. The summed E-state index contributed by atoms with van der Waals surface area (Å²) in [6.07, 6.45) is 0. The Balaban J connectivity index is 1.88. The summed E-state index contributed by atoms with van der Waals surface area (Å²) < 4.78 is 26.5. The molecule has 8 nitrogen and oxygen atoms in total. The number of hydrogen-bond acceptors (Lipinski definition) is 8. The van der Waals surface area contributed by atoms with Crippen molar-refractivity contribution in [3.05, 3.63) is 69.4 Å². The minimum absolute atomic E-state index is 0.0824. The van der Waals surface area contributed by atoms with Crippen LogP contribution in [0, 0.1) is 0 Å². The van der Waals surface area contributed by atoms with Gasteiger partial charge in [0, 0.05) is 30.5 Å². The Hall–Kier alpha value is -4.07. The van der Waals surface area contributed by atoms with Crippen LogP contribution in [0.2, 0.25) is 0 Å². The molecule has 29 heavy (non-hydrogen) atoms. The number of carbonyl (C=O) groups is 1. The van der Waals surface area contributed by atoms with E-state index in [1.807, 2.05) is 0 Å². The van der Waals surface area contributed by atoms with E-state index in [1.54, 1.807) is 30.3 Å². The van der Waals surface area contributed by atoms with Crippen LogP contribution in [-0.2, 0) is 4.79 Å². The maximum Gasteiger partial charge on any atom is 0.383 e. The normalized spacial score (nSPS) is 10.8. The van der Waals surface area contributed by atoms with Crippen molar-refractivity contribution in [3.63, 3.8) is 0 Å². The standard InChI is InChI=1S/C21H14O8/c1-11(22)26-19-15-7-6-13(25-2)9-17(15)29-21(24)20(19)27-14-5-3-12-4-8-18(23)28-16(12)10-14/h3-10H,1-2H3. The van der Waals surface area contributed by atoms with Crippen molar-refractivity contribution in [2.24, 2.45) is 0 Å². The lowest BCUT2D eigenvalue weighted by molar-refractivity contribution is -0.131. The van der Waals surface area contributed by atoms with Gasteiger partial charge in [-0.25, -0.2) is 9.59 Å². The van der Waals surface area contributed by atoms with Gasteiger partial charge in [0.2, 0.25) is 0 Å². The van der Waals surface area contributed by atoms with Crippen molar-refractivity contribution in [3.8, 4) is 23.0 Å². The monoisotopic (exact) mass is 394 g/mol. The van der Waals surface area contributed by atoms with Crippen LogP contribution in [0.15, 0.2) is 67.0 Å². The predicted molar refractivity (Wildman–Crippen MR) is 103 cm³/mol. The first-order chi connectivity index (χ1) is 13.9. The highest BCUT2D eigenvalue weighted by atomic mass is 16.6. The van der Waals surface area contributed by atoms with Gasteiger partial charge in [-0.1, -0.05) is 0 Å². The first kappa shape index (κ1) is 18.3. The van der Waals surface area contributed by atoms with Crippen molar-refractivity contribution < 1.29 is 27.8 Å². The van der Waals surface area contributed by atoms with E-state index in [0.717, 1.165) is 0 Å². The second kappa shape index (κ2) is 7.16. The number of hydrogen-bond donors (Lipinski definition) is 0. The number of benzene rings is 2. The fourth-order valence-corrected chi connectivity index (χ4v) is 2.82. The minimum Gasteiger partial charge on any atom is -0.497 e. The molecule has 4 rings (SSSR count). The summed E-state index contributed by atoms with van der Waals surface area (Å²) in [6.45, 7) is 1.21. The summed E-state index contributed by atoms with van der Waals surface area (Å²) in [4.78, 5) is 35.6. The van der Waals surface area contributed by atoms with Gasteiger partial charge in [0.05, 0.1) is 12.5 Å². The summed E-state index contributed by atoms with van der Waals surface area (Å²) in [7, 11) is 1.47. The highest BCUT2D eigenvalue weighted by Gasteiger charge is 2.21. The van der Waals surface area contributed by atoms with Crippen molar-refractivity contribution >= 4 is 27.9 Å². The van der Waals surface area contributed by atoms with Gasteiger partial charge in [0.25, 0.3) is 5.75 Å². The molecule has 0 N–H and O–H groups in total. The van der Waals surface area contributed by atoms with Crippen molar-refractivity contribution in [2.75, 3.05) is 7.11 Å². The van der Waals surface area contributed by atoms with E-state index >= 15 is 0 Å². The number of fused-ring (bicyclic) bond motifs is 2. The summed E-state index contributed by atoms with van der Waals surface area (Å²) in [5.41, 5.74) is -0.924. The van der Waals surface area contributed by atoms with Gasteiger partial charge >= 0.3 is 17.2 Å². The smallest absolute Gasteiger partial charge is 0.383 e. The zero-order valence-electron chi connectivity index (χ0n) is 15.4. The van der Waals surface area contributed by atoms with Gasteiger partial charge < -0.3 is 23.0 Å². The third-order valence-electron chi connectivity index (χ3n) is 4.09. The Bertz CT molecular complexity index is 1360. The van der Waals surface area contributed by atoms with Crippen LogP contribution < -0.4 is 25.5 Å². The van der Waals surface area contributed by atoms with Gasteiger partial charge in [0.1, 0.15) is 22.7 Å². The zero-order valence-corrected chi connectivity index (χ0v) is 15.4. The Morgan fingerprint density at radius 1 is 0.862 bits per heavy atom.